The molecular formula is C27H32ClF3N6O4. The molecule has 1 spiro atoms. The van der Waals surface area contributed by atoms with E-state index in [0.29, 0.717) is 44.9 Å². The van der Waals surface area contributed by atoms with E-state index in [1.54, 1.807) is 6.92 Å². The lowest BCUT2D eigenvalue weighted by atomic mass is 9.76. The Morgan fingerprint density at radius 3 is 2.66 bits per heavy atom. The highest BCUT2D eigenvalue weighted by atomic mass is 35.5. The van der Waals surface area contributed by atoms with Crippen molar-refractivity contribution in [3.05, 3.63) is 34.9 Å². The number of alkyl halides is 3. The molecule has 14 heteroatoms. The number of rotatable bonds is 7. The zero-order valence-electron chi connectivity index (χ0n) is 22.5. The number of anilines is 3. The second-order valence-corrected chi connectivity index (χ2v) is 11.1. The van der Waals surface area contributed by atoms with Gasteiger partial charge in [0, 0.05) is 49.3 Å². The molecule has 5 rings (SSSR count). The minimum Gasteiger partial charge on any atom is -0.465 e. The van der Waals surface area contributed by atoms with Crippen molar-refractivity contribution in [2.45, 2.75) is 57.3 Å². The van der Waals surface area contributed by atoms with Gasteiger partial charge in [-0.25, -0.2) is 0 Å². The Bertz CT molecular complexity index is 1300. The average Bonchev–Trinajstić information content (AvgIpc) is 3.53. The molecule has 0 bridgehead atoms. The fourth-order valence-electron chi connectivity index (χ4n) is 5.87. The smallest absolute Gasteiger partial charge is 0.429 e. The zero-order valence-corrected chi connectivity index (χ0v) is 23.3. The number of hydrogen-bond acceptors (Lipinski definition) is 9. The van der Waals surface area contributed by atoms with Crippen molar-refractivity contribution in [3.63, 3.8) is 0 Å². The molecule has 10 nitrogen and oxygen atoms in total. The Kier molecular flexibility index (Phi) is 8.20. The number of ether oxygens (including phenoxy) is 2. The lowest BCUT2D eigenvalue weighted by Crippen LogP contribution is -2.41. The van der Waals surface area contributed by atoms with Crippen LogP contribution >= 0.6 is 11.6 Å². The summed E-state index contributed by atoms with van der Waals surface area (Å²) in [7, 11) is 0. The van der Waals surface area contributed by atoms with Crippen molar-refractivity contribution in [2.24, 2.45) is 5.41 Å². The summed E-state index contributed by atoms with van der Waals surface area (Å²) in [6, 6.07) is 4.89. The van der Waals surface area contributed by atoms with Gasteiger partial charge in [0.2, 0.25) is 23.8 Å². The van der Waals surface area contributed by atoms with E-state index in [1.165, 1.54) is 29.2 Å². The lowest BCUT2D eigenvalue weighted by Gasteiger charge is -2.39. The second kappa shape index (κ2) is 11.5. The number of nitrogens with two attached hydrogens (primary N) is 1. The predicted molar refractivity (Wildman–Crippen MR) is 146 cm³/mol. The highest BCUT2D eigenvalue weighted by Gasteiger charge is 2.46. The largest absolute Gasteiger partial charge is 0.465 e. The SMILES string of the molecule is CCOC(=O)C1CC2(CCN(c3cc(O[C@H](c4ccc(Cl)cc4N4CCCC4=O)C(F)(F)F)nc(N)n3)CC2)CN1. The molecule has 1 aromatic carbocycles. The van der Waals surface area contributed by atoms with Crippen molar-refractivity contribution in [1.29, 1.82) is 0 Å². The predicted octanol–water partition coefficient (Wildman–Crippen LogP) is 4.03. The molecule has 0 radical (unpaired) electrons. The van der Waals surface area contributed by atoms with Gasteiger partial charge in [-0.2, -0.15) is 23.1 Å². The summed E-state index contributed by atoms with van der Waals surface area (Å²) in [5, 5.41) is 3.46. The molecule has 222 valence electrons. The molecule has 1 amide bonds. The van der Waals surface area contributed by atoms with Gasteiger partial charge in [-0.15, -0.1) is 0 Å². The van der Waals surface area contributed by atoms with Crippen molar-refractivity contribution in [3.8, 4) is 5.88 Å². The topological polar surface area (TPSA) is 123 Å². The van der Waals surface area contributed by atoms with Crippen LogP contribution in [0.4, 0.5) is 30.6 Å². The van der Waals surface area contributed by atoms with E-state index in [1.807, 2.05) is 4.90 Å². The van der Waals surface area contributed by atoms with Crippen LogP contribution in [0.3, 0.4) is 0 Å². The second-order valence-electron chi connectivity index (χ2n) is 10.7. The molecular weight excluding hydrogens is 565 g/mol. The fourth-order valence-corrected chi connectivity index (χ4v) is 6.04. The third-order valence-electron chi connectivity index (χ3n) is 7.96. The Morgan fingerprint density at radius 1 is 1.24 bits per heavy atom. The number of halogens is 4. The molecule has 2 atom stereocenters. The van der Waals surface area contributed by atoms with Crippen molar-refractivity contribution >= 4 is 40.9 Å². The summed E-state index contributed by atoms with van der Waals surface area (Å²) < 4.78 is 53.9. The number of piperidine rings is 1. The number of carbonyl (C=O) groups is 2. The van der Waals surface area contributed by atoms with Crippen molar-refractivity contribution in [1.82, 2.24) is 15.3 Å². The Balaban J connectivity index is 1.35. The number of aromatic nitrogens is 2. The number of nitrogens with zero attached hydrogens (tertiary/aromatic N) is 4. The van der Waals surface area contributed by atoms with Gasteiger partial charge >= 0.3 is 12.1 Å². The quantitative estimate of drug-likeness (QED) is 0.456. The summed E-state index contributed by atoms with van der Waals surface area (Å²) >= 11 is 6.10. The lowest BCUT2D eigenvalue weighted by molar-refractivity contribution is -0.198. The standard InChI is InChI=1S/C27H32ClF3N6O4/c1-2-40-24(39)18-14-26(15-33-18)7-10-36(11-8-26)20-13-21(35-25(32)34-20)41-23(27(29,30)31)17-6-5-16(28)12-19(17)37-9-3-4-22(37)38/h5-6,12-13,18,23,33H,2-4,7-11,14-15H2,1H3,(H2,32,34,35)/t18?,23-/m1/s1. The van der Waals surface area contributed by atoms with E-state index in [-0.39, 0.29) is 64.4 Å². The molecule has 0 aliphatic carbocycles. The van der Waals surface area contributed by atoms with Crippen LogP contribution in [0.25, 0.3) is 0 Å². The van der Waals surface area contributed by atoms with Gasteiger partial charge in [0.05, 0.1) is 12.3 Å². The average molecular weight is 597 g/mol. The summed E-state index contributed by atoms with van der Waals surface area (Å²) in [5.41, 5.74) is 5.64. The molecule has 3 aliphatic heterocycles. The van der Waals surface area contributed by atoms with E-state index < -0.39 is 12.3 Å². The summed E-state index contributed by atoms with van der Waals surface area (Å²) in [6.07, 6.45) is -4.34. The van der Waals surface area contributed by atoms with Crippen LogP contribution < -0.4 is 25.6 Å². The summed E-state index contributed by atoms with van der Waals surface area (Å²) in [6.45, 7) is 4.19. The van der Waals surface area contributed by atoms with Gasteiger partial charge in [-0.3, -0.25) is 9.59 Å². The van der Waals surface area contributed by atoms with E-state index in [2.05, 4.69) is 15.3 Å². The van der Waals surface area contributed by atoms with Crippen LogP contribution in [0.15, 0.2) is 24.3 Å². The van der Waals surface area contributed by atoms with Crippen LogP contribution in [0.5, 0.6) is 5.88 Å². The van der Waals surface area contributed by atoms with Gasteiger partial charge in [-0.1, -0.05) is 17.7 Å². The van der Waals surface area contributed by atoms with Crippen molar-refractivity contribution < 1.29 is 32.2 Å². The number of carbonyl (C=O) groups excluding carboxylic acids is 2. The minimum absolute atomic E-state index is 0.0530. The molecule has 41 heavy (non-hydrogen) atoms. The first-order valence-electron chi connectivity index (χ1n) is 13.6. The first-order chi connectivity index (χ1) is 19.5. The zero-order chi connectivity index (χ0) is 29.4. The molecule has 0 saturated carbocycles. The van der Waals surface area contributed by atoms with E-state index in [9.17, 15) is 22.8 Å². The molecule has 3 N–H and O–H groups in total. The Labute approximate surface area is 240 Å². The first kappa shape index (κ1) is 29.2. The molecule has 3 saturated heterocycles. The number of benzene rings is 1. The van der Waals surface area contributed by atoms with Crippen LogP contribution in [0.2, 0.25) is 5.02 Å². The number of esters is 1. The molecule has 4 heterocycles. The van der Waals surface area contributed by atoms with Crippen LogP contribution in [0, 0.1) is 5.41 Å². The van der Waals surface area contributed by atoms with Gasteiger partial charge in [0.25, 0.3) is 0 Å². The van der Waals surface area contributed by atoms with Gasteiger partial charge in [-0.05, 0) is 50.2 Å². The monoisotopic (exact) mass is 596 g/mol. The fraction of sp³-hybridized carbons (Fsp3) is 0.556. The number of hydrogen-bond donors (Lipinski definition) is 2. The molecule has 2 aromatic rings. The van der Waals surface area contributed by atoms with Gasteiger partial charge in [0.1, 0.15) is 11.9 Å². The summed E-state index contributed by atoms with van der Waals surface area (Å²) in [5.74, 6) is -0.753. The Hall–Kier alpha value is -3.32. The third kappa shape index (κ3) is 6.30. The van der Waals surface area contributed by atoms with Crippen LogP contribution in [-0.4, -0.2) is 66.8 Å². The van der Waals surface area contributed by atoms with E-state index >= 15 is 0 Å². The Morgan fingerprint density at radius 2 is 2.00 bits per heavy atom. The maximum atomic E-state index is 14.4. The molecule has 1 aromatic heterocycles. The van der Waals surface area contributed by atoms with E-state index in [4.69, 9.17) is 26.8 Å². The molecule has 3 aliphatic rings. The van der Waals surface area contributed by atoms with Crippen LogP contribution in [0.1, 0.15) is 50.7 Å². The summed E-state index contributed by atoms with van der Waals surface area (Å²) in [4.78, 5) is 36.0. The number of nitrogens with one attached hydrogen (secondary N) is 1. The minimum atomic E-state index is -4.84. The normalized spacial score (nSPS) is 21.4. The highest BCUT2D eigenvalue weighted by Crippen LogP contribution is 2.44. The number of nitrogen functional groups attached to an aromatic ring is 1. The maximum absolute atomic E-state index is 14.4. The highest BCUT2D eigenvalue weighted by molar-refractivity contribution is 6.31. The number of amides is 1. The molecule has 3 fully saturated rings. The van der Waals surface area contributed by atoms with Gasteiger partial charge in [0.15, 0.2) is 0 Å². The molecule has 1 unspecified atom stereocenters. The van der Waals surface area contributed by atoms with Crippen LogP contribution in [-0.2, 0) is 14.3 Å². The maximum Gasteiger partial charge on any atom is 0.429 e. The van der Waals surface area contributed by atoms with Gasteiger partial charge < -0.3 is 30.3 Å². The third-order valence-corrected chi connectivity index (χ3v) is 8.20. The first-order valence-corrected chi connectivity index (χ1v) is 14.0. The van der Waals surface area contributed by atoms with Crippen molar-refractivity contribution in [2.75, 3.05) is 48.3 Å². The van der Waals surface area contributed by atoms with E-state index in [0.717, 1.165) is 12.8 Å².